The number of imidazole rings is 3. The normalized spacial score (nSPS) is 15.2. The van der Waals surface area contributed by atoms with Gasteiger partial charge in [-0.15, -0.1) is 4.58 Å². The van der Waals surface area contributed by atoms with Gasteiger partial charge in [-0.05, 0) is 48.6 Å². The fraction of sp³-hybridized carbons (Fsp3) is 0.200. The van der Waals surface area contributed by atoms with Gasteiger partial charge in [-0.25, -0.2) is 42.3 Å². The highest BCUT2D eigenvalue weighted by Gasteiger charge is 2.30. The summed E-state index contributed by atoms with van der Waals surface area (Å²) in [7, 11) is 16.6. The Morgan fingerprint density at radius 1 is 0.538 bits per heavy atom. The zero-order chi connectivity index (χ0) is 36.0. The Morgan fingerprint density at radius 2 is 0.885 bits per heavy atom. The Bertz CT molecular complexity index is 2740. The number of H-pyrrole nitrogens is 2. The van der Waals surface area contributed by atoms with Crippen LogP contribution in [0.5, 0.6) is 0 Å². The first-order valence-corrected chi connectivity index (χ1v) is 17.4. The molecule has 9 heterocycles. The number of nitrogens with one attached hydrogen (secondary N) is 3. The number of fused-ring (bicyclic) bond motifs is 8. The molecule has 12 nitrogen and oxygen atoms in total. The van der Waals surface area contributed by atoms with E-state index in [0.717, 1.165) is 89.9 Å². The van der Waals surface area contributed by atoms with Gasteiger partial charge in [0.05, 0.1) is 111 Å². The Balaban J connectivity index is 1.50. The maximum atomic E-state index is 5.43. The van der Waals surface area contributed by atoms with Gasteiger partial charge in [0.15, 0.2) is 23.3 Å². The van der Waals surface area contributed by atoms with Gasteiger partial charge in [-0.1, -0.05) is 0 Å². The molecule has 0 saturated carbocycles. The third-order valence-electron chi connectivity index (χ3n) is 10.1. The van der Waals surface area contributed by atoms with Gasteiger partial charge in [0.1, 0.15) is 31.2 Å². The zero-order valence-corrected chi connectivity index (χ0v) is 30.8. The highest BCUT2D eigenvalue weighted by molar-refractivity contribution is 5.97. The number of hydrogen-bond acceptors (Lipinski definition) is 2. The molecule has 3 aliphatic heterocycles. The summed E-state index contributed by atoms with van der Waals surface area (Å²) in [5, 5.41) is 0. The minimum absolute atomic E-state index is 0.882. The molecule has 9 rings (SSSR count). The second-order valence-electron chi connectivity index (χ2n) is 14.2. The lowest BCUT2D eigenvalue weighted by Gasteiger charge is -2.03. The molecule has 6 aromatic heterocycles. The van der Waals surface area contributed by atoms with E-state index < -0.39 is 0 Å². The van der Waals surface area contributed by atoms with Gasteiger partial charge in [0.2, 0.25) is 19.0 Å². The van der Waals surface area contributed by atoms with Crippen molar-refractivity contribution in [2.24, 2.45) is 42.3 Å². The molecule has 8 bridgehead atoms. The van der Waals surface area contributed by atoms with E-state index in [1.165, 1.54) is 4.90 Å². The summed E-state index contributed by atoms with van der Waals surface area (Å²) in [5.41, 5.74) is 15.8. The van der Waals surface area contributed by atoms with Crippen LogP contribution in [0.1, 0.15) is 28.3 Å². The monoisotopic (exact) mass is 691 g/mol. The molecule has 52 heavy (non-hydrogen) atoms. The summed E-state index contributed by atoms with van der Waals surface area (Å²) in [6.45, 7) is 0. The molecular formula is C40H43N12+5. The maximum Gasteiger partial charge on any atom is 0.335 e. The van der Waals surface area contributed by atoms with Crippen molar-refractivity contribution in [3.05, 3.63) is 96.4 Å². The predicted octanol–water partition coefficient (Wildman–Crippen LogP) is 2.64. The second-order valence-corrected chi connectivity index (χ2v) is 14.2. The molecule has 0 radical (unpaired) electrons. The largest absolute Gasteiger partial charge is 0.354 e. The minimum atomic E-state index is 0.882. The molecule has 0 aliphatic carbocycles. The Hall–Kier alpha value is -6.40. The minimum Gasteiger partial charge on any atom is -0.354 e. The van der Waals surface area contributed by atoms with Crippen LogP contribution in [0.4, 0.5) is 0 Å². The van der Waals surface area contributed by atoms with E-state index in [4.69, 9.17) is 9.97 Å². The number of hydrogen-bond donors (Lipinski definition) is 3. The van der Waals surface area contributed by atoms with Crippen LogP contribution in [-0.4, -0.2) is 58.6 Å². The standard InChI is InChI=1S/C40H42N12/c1-45-17-33(49(5)21-45)37-25-9-11-27(41-25)38(34-18-46(2)22-50(34)6)29-13-15-31(43-29)40(36-20-48(4)24-52(36)8)32-16-14-30(44-32)39(28-12-10-26(37)42-28)35-19-47(3)23-51(35)7/h9-24,41,44H,1-8H3/q+4/p+1. The van der Waals surface area contributed by atoms with Crippen molar-refractivity contribution in [2.75, 3.05) is 14.1 Å². The van der Waals surface area contributed by atoms with Gasteiger partial charge >= 0.3 is 6.34 Å². The molecular weight excluding hydrogens is 649 g/mol. The third kappa shape index (κ3) is 5.02. The topological polar surface area (TPSA) is 91.2 Å². The van der Waals surface area contributed by atoms with Crippen molar-refractivity contribution >= 4 is 58.4 Å². The smallest absolute Gasteiger partial charge is 0.335 e. The first-order valence-electron chi connectivity index (χ1n) is 17.4. The van der Waals surface area contributed by atoms with Gasteiger partial charge < -0.3 is 9.97 Å². The van der Waals surface area contributed by atoms with Crippen LogP contribution in [0.15, 0.2) is 68.0 Å². The number of rotatable bonds is 4. The fourth-order valence-corrected chi connectivity index (χ4v) is 7.94. The Kier molecular flexibility index (Phi) is 7.03. The van der Waals surface area contributed by atoms with Gasteiger partial charge in [-0.2, -0.15) is 0 Å². The first-order chi connectivity index (χ1) is 25.0. The van der Waals surface area contributed by atoms with Crippen LogP contribution in [0.25, 0.3) is 85.8 Å². The van der Waals surface area contributed by atoms with Crippen LogP contribution >= 0.6 is 0 Å². The van der Waals surface area contributed by atoms with Crippen LogP contribution in [0.3, 0.4) is 0 Å². The molecule has 0 saturated heterocycles. The summed E-state index contributed by atoms with van der Waals surface area (Å²) in [6, 6.07) is 8.68. The summed E-state index contributed by atoms with van der Waals surface area (Å²) in [4.78, 5) is 19.7. The van der Waals surface area contributed by atoms with Crippen molar-refractivity contribution in [3.8, 4) is 33.8 Å². The number of aryl methyl sites for hydroxylation is 6. The van der Waals surface area contributed by atoms with Gasteiger partial charge in [0.25, 0.3) is 5.70 Å². The molecule has 3 aliphatic rings. The van der Waals surface area contributed by atoms with E-state index in [1.807, 2.05) is 0 Å². The van der Waals surface area contributed by atoms with E-state index in [-0.39, 0.29) is 0 Å². The average molecular weight is 692 g/mol. The molecule has 3 N–H and O–H groups in total. The molecule has 0 aromatic carbocycles. The number of aromatic amines is 2. The van der Waals surface area contributed by atoms with Crippen molar-refractivity contribution in [3.63, 3.8) is 0 Å². The molecule has 1 unspecified atom stereocenters. The molecule has 1 atom stereocenters. The van der Waals surface area contributed by atoms with Crippen molar-refractivity contribution in [1.82, 2.24) is 33.6 Å². The van der Waals surface area contributed by atoms with Gasteiger partial charge in [-0.3, -0.25) is 0 Å². The fourth-order valence-electron chi connectivity index (χ4n) is 7.94. The van der Waals surface area contributed by atoms with E-state index in [9.17, 15) is 0 Å². The second kappa shape index (κ2) is 11.6. The average Bonchev–Trinajstić information content (AvgIpc) is 3.93. The van der Waals surface area contributed by atoms with Crippen LogP contribution in [0.2, 0.25) is 0 Å². The number of quaternary nitrogens is 1. The van der Waals surface area contributed by atoms with Crippen molar-refractivity contribution in [2.45, 2.75) is 0 Å². The SMILES string of the molecule is Cn1c[n+](C)cc1-c1c2nc(c(-c3c[n+](C)cn3C)c3ccc([nH]3)c(-c3c[n+](C)cn3C)c3nc(c(C4=C[NH+](C)C=[N+]4C)c4ccc1[nH]4)C=C3)C=C2. The first kappa shape index (κ1) is 31.6. The lowest BCUT2D eigenvalue weighted by molar-refractivity contribution is -0.723. The number of nitrogens with zero attached hydrogens (tertiary/aromatic N) is 9. The Labute approximate surface area is 301 Å². The van der Waals surface area contributed by atoms with E-state index in [2.05, 4.69) is 197 Å². The van der Waals surface area contributed by atoms with E-state index in [1.54, 1.807) is 0 Å². The van der Waals surface area contributed by atoms with Crippen molar-refractivity contribution < 1.29 is 23.2 Å². The Morgan fingerprint density at radius 3 is 1.19 bits per heavy atom. The lowest BCUT2D eigenvalue weighted by atomic mass is 10.1. The molecule has 0 spiro atoms. The quantitative estimate of drug-likeness (QED) is 0.248. The highest BCUT2D eigenvalue weighted by Crippen LogP contribution is 2.37. The molecule has 6 aromatic rings. The molecule has 0 amide bonds. The van der Waals surface area contributed by atoms with Gasteiger partial charge in [0, 0.05) is 0 Å². The summed E-state index contributed by atoms with van der Waals surface area (Å²) in [5.74, 6) is 0. The van der Waals surface area contributed by atoms with Crippen LogP contribution in [-0.2, 0) is 42.3 Å². The number of aromatic nitrogens is 10. The lowest BCUT2D eigenvalue weighted by Crippen LogP contribution is -3.02. The highest BCUT2D eigenvalue weighted by atomic mass is 15.2. The van der Waals surface area contributed by atoms with Crippen molar-refractivity contribution in [1.29, 1.82) is 0 Å². The molecule has 12 heteroatoms. The third-order valence-corrected chi connectivity index (χ3v) is 10.1. The van der Waals surface area contributed by atoms with Crippen LogP contribution < -0.4 is 18.6 Å². The molecule has 0 fully saturated rings. The maximum absolute atomic E-state index is 5.43. The van der Waals surface area contributed by atoms with E-state index >= 15 is 0 Å². The zero-order valence-electron chi connectivity index (χ0n) is 30.8. The summed E-state index contributed by atoms with van der Waals surface area (Å²) < 4.78 is 14.9. The van der Waals surface area contributed by atoms with Crippen LogP contribution in [0, 0.1) is 0 Å². The summed E-state index contributed by atoms with van der Waals surface area (Å²) in [6.07, 6.45) is 25.7. The van der Waals surface area contributed by atoms with E-state index in [0.29, 0.717) is 0 Å². The predicted molar refractivity (Wildman–Crippen MR) is 203 cm³/mol. The summed E-state index contributed by atoms with van der Waals surface area (Å²) >= 11 is 0. The molecule has 258 valence electrons.